The number of benzene rings is 2. The standard InChI is InChI=1S/C15H22O4.C13H16O5/c1-11-14(8-13(9-16)19-15(11)17-2)18-10-12-6-4-3-5-7-12;14-10-8-18-12(13(15)16)6-11(10)17-7-9-4-2-1-3-5-9/h3-7,11,13-16H,8-10H2,1-2H3;1-5,10-12,14H,6-8H2,(H,15,16)/t11?,13?,14-,15+;10?,11-,12?/m11/s1. The van der Waals surface area contributed by atoms with Gasteiger partial charge in [0.2, 0.25) is 0 Å². The van der Waals surface area contributed by atoms with Gasteiger partial charge in [-0.25, -0.2) is 4.79 Å². The van der Waals surface area contributed by atoms with Gasteiger partial charge in [-0.2, -0.15) is 0 Å². The van der Waals surface area contributed by atoms with Crippen LogP contribution in [0.5, 0.6) is 0 Å². The molecule has 2 heterocycles. The van der Waals surface area contributed by atoms with E-state index in [1.807, 2.05) is 60.7 Å². The molecule has 4 rings (SSSR count). The summed E-state index contributed by atoms with van der Waals surface area (Å²) < 4.78 is 27.5. The largest absolute Gasteiger partial charge is 0.479 e. The minimum Gasteiger partial charge on any atom is -0.479 e. The molecule has 2 aromatic rings. The molecule has 2 aliphatic heterocycles. The molecule has 0 amide bonds. The maximum absolute atomic E-state index is 10.8. The van der Waals surface area contributed by atoms with Crippen molar-refractivity contribution in [3.8, 4) is 0 Å². The minimum absolute atomic E-state index is 0.00221. The molecule has 9 heteroatoms. The van der Waals surface area contributed by atoms with E-state index >= 15 is 0 Å². The van der Waals surface area contributed by atoms with Crippen LogP contribution < -0.4 is 0 Å². The number of aliphatic hydroxyl groups excluding tert-OH is 2. The molecule has 2 saturated heterocycles. The van der Waals surface area contributed by atoms with Crippen molar-refractivity contribution in [2.24, 2.45) is 5.92 Å². The predicted octanol–water partition coefficient (Wildman–Crippen LogP) is 2.77. The number of hydrogen-bond acceptors (Lipinski definition) is 8. The van der Waals surface area contributed by atoms with E-state index in [1.165, 1.54) is 0 Å². The molecule has 0 radical (unpaired) electrons. The van der Waals surface area contributed by atoms with Crippen LogP contribution in [-0.4, -0.2) is 78.4 Å². The van der Waals surface area contributed by atoms with Gasteiger partial charge in [0.1, 0.15) is 6.10 Å². The van der Waals surface area contributed by atoms with Crippen LogP contribution in [0.3, 0.4) is 0 Å². The van der Waals surface area contributed by atoms with E-state index in [4.69, 9.17) is 28.8 Å². The highest BCUT2D eigenvalue weighted by molar-refractivity contribution is 5.72. The van der Waals surface area contributed by atoms with Crippen molar-refractivity contribution in [1.29, 1.82) is 0 Å². The summed E-state index contributed by atoms with van der Waals surface area (Å²) in [7, 11) is 1.62. The highest BCUT2D eigenvalue weighted by Gasteiger charge is 2.37. The number of carbonyl (C=O) groups is 1. The van der Waals surface area contributed by atoms with Crippen LogP contribution >= 0.6 is 0 Å². The van der Waals surface area contributed by atoms with Gasteiger partial charge in [0.25, 0.3) is 0 Å². The van der Waals surface area contributed by atoms with Crippen LogP contribution in [0.25, 0.3) is 0 Å². The minimum atomic E-state index is -1.02. The lowest BCUT2D eigenvalue weighted by Gasteiger charge is -2.38. The van der Waals surface area contributed by atoms with Crippen molar-refractivity contribution in [1.82, 2.24) is 0 Å². The van der Waals surface area contributed by atoms with Gasteiger partial charge in [0, 0.05) is 25.9 Å². The number of hydrogen-bond donors (Lipinski definition) is 3. The number of ether oxygens (including phenoxy) is 5. The van der Waals surface area contributed by atoms with Crippen LogP contribution in [-0.2, 0) is 41.7 Å². The molecule has 2 aromatic carbocycles. The lowest BCUT2D eigenvalue weighted by Crippen LogP contribution is -2.46. The van der Waals surface area contributed by atoms with Crippen molar-refractivity contribution in [3.05, 3.63) is 71.8 Å². The molecule has 2 fully saturated rings. The zero-order valence-electron chi connectivity index (χ0n) is 21.3. The number of methoxy groups -OCH3 is 1. The second-order valence-corrected chi connectivity index (χ2v) is 9.27. The topological polar surface area (TPSA) is 124 Å². The molecule has 9 nitrogen and oxygen atoms in total. The fourth-order valence-corrected chi connectivity index (χ4v) is 4.29. The first kappa shape index (κ1) is 29.2. The fraction of sp³-hybridized carbons (Fsp3) is 0.536. The normalized spacial score (nSPS) is 29.7. The first-order valence-corrected chi connectivity index (χ1v) is 12.5. The Morgan fingerprint density at radius 2 is 1.51 bits per heavy atom. The Hall–Kier alpha value is -2.37. The third-order valence-electron chi connectivity index (χ3n) is 6.51. The molecule has 37 heavy (non-hydrogen) atoms. The Kier molecular flexibility index (Phi) is 11.9. The van der Waals surface area contributed by atoms with Crippen LogP contribution in [0.1, 0.15) is 30.9 Å². The fourth-order valence-electron chi connectivity index (χ4n) is 4.29. The molecule has 7 atom stereocenters. The van der Waals surface area contributed by atoms with Gasteiger partial charge < -0.3 is 39.0 Å². The summed E-state index contributed by atoms with van der Waals surface area (Å²) in [4.78, 5) is 10.8. The molecule has 2 aliphatic rings. The summed E-state index contributed by atoms with van der Waals surface area (Å²) in [6.45, 7) is 2.98. The number of carboxylic acid groups (broad SMARTS) is 1. The van der Waals surface area contributed by atoms with E-state index in [1.54, 1.807) is 7.11 Å². The van der Waals surface area contributed by atoms with Gasteiger partial charge >= 0.3 is 5.97 Å². The molecule has 0 bridgehead atoms. The number of carboxylic acids is 1. The summed E-state index contributed by atoms with van der Waals surface area (Å²) in [6, 6.07) is 19.6. The molecule has 3 N–H and O–H groups in total. The van der Waals surface area contributed by atoms with E-state index in [-0.39, 0.29) is 44.1 Å². The maximum atomic E-state index is 10.8. The Balaban J connectivity index is 0.000000206. The average molecular weight is 519 g/mol. The van der Waals surface area contributed by atoms with Crippen LogP contribution in [0.4, 0.5) is 0 Å². The zero-order valence-corrected chi connectivity index (χ0v) is 21.3. The van der Waals surface area contributed by atoms with Crippen LogP contribution in [0.2, 0.25) is 0 Å². The van der Waals surface area contributed by atoms with E-state index < -0.39 is 24.3 Å². The Bertz CT molecular complexity index is 910. The monoisotopic (exact) mass is 518 g/mol. The second kappa shape index (κ2) is 15.1. The molecular formula is C28H38O9. The summed E-state index contributed by atoms with van der Waals surface area (Å²) in [6.07, 6.45) is -1.78. The van der Waals surface area contributed by atoms with Gasteiger partial charge in [-0.15, -0.1) is 0 Å². The second-order valence-electron chi connectivity index (χ2n) is 9.27. The van der Waals surface area contributed by atoms with Crippen molar-refractivity contribution < 1.29 is 43.8 Å². The van der Waals surface area contributed by atoms with Crippen molar-refractivity contribution in [3.63, 3.8) is 0 Å². The molecule has 0 aliphatic carbocycles. The Labute approximate surface area is 217 Å². The average Bonchev–Trinajstić information content (AvgIpc) is 2.93. The lowest BCUT2D eigenvalue weighted by molar-refractivity contribution is -0.247. The first-order valence-electron chi connectivity index (χ1n) is 12.5. The van der Waals surface area contributed by atoms with Crippen molar-refractivity contribution in [2.75, 3.05) is 20.3 Å². The van der Waals surface area contributed by atoms with Crippen molar-refractivity contribution >= 4 is 5.97 Å². The van der Waals surface area contributed by atoms with E-state index in [2.05, 4.69) is 6.92 Å². The predicted molar refractivity (Wildman–Crippen MR) is 135 cm³/mol. The van der Waals surface area contributed by atoms with Gasteiger partial charge in [-0.3, -0.25) is 0 Å². The van der Waals surface area contributed by atoms with E-state index in [0.717, 1.165) is 11.1 Å². The third kappa shape index (κ3) is 9.15. The summed E-state index contributed by atoms with van der Waals surface area (Å²) in [5.41, 5.74) is 2.14. The van der Waals surface area contributed by atoms with Gasteiger partial charge in [0.15, 0.2) is 12.4 Å². The Morgan fingerprint density at radius 3 is 2.03 bits per heavy atom. The zero-order chi connectivity index (χ0) is 26.6. The number of rotatable bonds is 9. The molecule has 0 spiro atoms. The van der Waals surface area contributed by atoms with Gasteiger partial charge in [0.05, 0.1) is 44.7 Å². The van der Waals surface area contributed by atoms with Gasteiger partial charge in [-0.05, 0) is 11.1 Å². The quantitative estimate of drug-likeness (QED) is 0.460. The van der Waals surface area contributed by atoms with E-state index in [0.29, 0.717) is 19.6 Å². The summed E-state index contributed by atoms with van der Waals surface area (Å²) >= 11 is 0. The third-order valence-corrected chi connectivity index (χ3v) is 6.51. The highest BCUT2D eigenvalue weighted by Crippen LogP contribution is 2.28. The highest BCUT2D eigenvalue weighted by atomic mass is 16.7. The maximum Gasteiger partial charge on any atom is 0.332 e. The molecular weight excluding hydrogens is 480 g/mol. The van der Waals surface area contributed by atoms with Crippen molar-refractivity contribution in [2.45, 2.75) is 69.8 Å². The number of aliphatic carboxylic acids is 1. The summed E-state index contributed by atoms with van der Waals surface area (Å²) in [5, 5.41) is 27.8. The Morgan fingerprint density at radius 1 is 0.946 bits per heavy atom. The molecule has 4 unspecified atom stereocenters. The molecule has 204 valence electrons. The van der Waals surface area contributed by atoms with Gasteiger partial charge in [-0.1, -0.05) is 67.6 Å². The molecule has 0 aromatic heterocycles. The summed E-state index contributed by atoms with van der Waals surface area (Å²) in [5.74, 6) is -0.869. The SMILES string of the molecule is CO[C@H]1OC(CO)C[C@@H](OCc2ccccc2)C1C.O=C(O)C1C[C@@H](OCc2ccccc2)C(O)CO1. The number of aliphatic hydroxyl groups is 2. The molecule has 0 saturated carbocycles. The van der Waals surface area contributed by atoms with E-state index in [9.17, 15) is 15.0 Å². The first-order chi connectivity index (χ1) is 17.9. The lowest BCUT2D eigenvalue weighted by atomic mass is 9.95. The van der Waals surface area contributed by atoms with Crippen LogP contribution in [0.15, 0.2) is 60.7 Å². The smallest absolute Gasteiger partial charge is 0.332 e. The van der Waals surface area contributed by atoms with Crippen LogP contribution in [0, 0.1) is 5.92 Å².